The van der Waals surface area contributed by atoms with E-state index in [2.05, 4.69) is 15.2 Å². The standard InChI is InChI=1S/C15H19N3O3/c1-9-12(15(20)21)4-5-13(16-9)14(19)17-10-6-7-18(8-10)11-2-3-11/h4-5,10-11H,2-3,6-8H2,1H3,(H,17,19)(H,20,21). The fraction of sp³-hybridized carbons (Fsp3) is 0.533. The highest BCUT2D eigenvalue weighted by molar-refractivity contribution is 5.94. The number of carbonyl (C=O) groups excluding carboxylic acids is 1. The minimum absolute atomic E-state index is 0.132. The molecule has 0 aromatic carbocycles. The first kappa shape index (κ1) is 14.0. The monoisotopic (exact) mass is 289 g/mol. The van der Waals surface area contributed by atoms with Gasteiger partial charge in [0.15, 0.2) is 0 Å². The van der Waals surface area contributed by atoms with Crippen LogP contribution >= 0.6 is 0 Å². The molecule has 6 nitrogen and oxygen atoms in total. The Morgan fingerprint density at radius 3 is 2.71 bits per heavy atom. The van der Waals surface area contributed by atoms with Crippen molar-refractivity contribution < 1.29 is 14.7 Å². The molecule has 1 saturated heterocycles. The van der Waals surface area contributed by atoms with Crippen LogP contribution in [0.2, 0.25) is 0 Å². The highest BCUT2D eigenvalue weighted by atomic mass is 16.4. The summed E-state index contributed by atoms with van der Waals surface area (Å²) in [6.45, 7) is 3.55. The number of nitrogens with one attached hydrogen (secondary N) is 1. The van der Waals surface area contributed by atoms with Gasteiger partial charge in [-0.15, -0.1) is 0 Å². The summed E-state index contributed by atoms with van der Waals surface area (Å²) in [6.07, 6.45) is 3.52. The van der Waals surface area contributed by atoms with E-state index < -0.39 is 5.97 Å². The number of aromatic carboxylic acids is 1. The second kappa shape index (κ2) is 5.44. The Bertz CT molecular complexity index is 584. The maximum atomic E-state index is 12.2. The van der Waals surface area contributed by atoms with E-state index in [1.165, 1.54) is 25.0 Å². The van der Waals surface area contributed by atoms with Gasteiger partial charge in [0.1, 0.15) is 5.69 Å². The molecule has 1 aromatic rings. The zero-order chi connectivity index (χ0) is 15.0. The Kier molecular flexibility index (Phi) is 3.63. The molecular formula is C15H19N3O3. The third-order valence-corrected chi connectivity index (χ3v) is 4.17. The molecule has 1 unspecified atom stereocenters. The van der Waals surface area contributed by atoms with Crippen LogP contribution in [0.5, 0.6) is 0 Å². The van der Waals surface area contributed by atoms with Crippen LogP contribution in [0.3, 0.4) is 0 Å². The smallest absolute Gasteiger partial charge is 0.337 e. The van der Waals surface area contributed by atoms with E-state index in [0.29, 0.717) is 5.69 Å². The SMILES string of the molecule is Cc1nc(C(=O)NC2CCN(C3CC3)C2)ccc1C(=O)O. The van der Waals surface area contributed by atoms with Crippen LogP contribution in [0.4, 0.5) is 0 Å². The van der Waals surface area contributed by atoms with Crippen LogP contribution in [0.15, 0.2) is 12.1 Å². The van der Waals surface area contributed by atoms with Crippen molar-refractivity contribution in [3.8, 4) is 0 Å². The molecule has 2 heterocycles. The number of nitrogens with zero attached hydrogens (tertiary/aromatic N) is 2. The lowest BCUT2D eigenvalue weighted by Crippen LogP contribution is -2.38. The Morgan fingerprint density at radius 2 is 2.10 bits per heavy atom. The van der Waals surface area contributed by atoms with Crippen LogP contribution in [-0.4, -0.2) is 52.0 Å². The normalized spacial score (nSPS) is 22.2. The van der Waals surface area contributed by atoms with Gasteiger partial charge < -0.3 is 10.4 Å². The second-order valence-electron chi connectivity index (χ2n) is 5.82. The second-order valence-corrected chi connectivity index (χ2v) is 5.82. The summed E-state index contributed by atoms with van der Waals surface area (Å²) >= 11 is 0. The predicted molar refractivity (Wildman–Crippen MR) is 76.4 cm³/mol. The molecule has 1 amide bonds. The van der Waals surface area contributed by atoms with E-state index in [4.69, 9.17) is 5.11 Å². The molecule has 2 N–H and O–H groups in total. The van der Waals surface area contributed by atoms with Crippen molar-refractivity contribution in [2.45, 2.75) is 38.3 Å². The van der Waals surface area contributed by atoms with Gasteiger partial charge in [-0.1, -0.05) is 0 Å². The van der Waals surface area contributed by atoms with E-state index in [9.17, 15) is 9.59 Å². The van der Waals surface area contributed by atoms with Crippen molar-refractivity contribution >= 4 is 11.9 Å². The summed E-state index contributed by atoms with van der Waals surface area (Å²) < 4.78 is 0. The van der Waals surface area contributed by atoms with Gasteiger partial charge in [-0.3, -0.25) is 9.69 Å². The molecule has 1 aromatic heterocycles. The third kappa shape index (κ3) is 3.05. The molecule has 2 fully saturated rings. The van der Waals surface area contributed by atoms with E-state index in [0.717, 1.165) is 25.6 Å². The highest BCUT2D eigenvalue weighted by Crippen LogP contribution is 2.29. The van der Waals surface area contributed by atoms with Gasteiger partial charge in [0.25, 0.3) is 5.91 Å². The molecule has 1 aliphatic carbocycles. The average molecular weight is 289 g/mol. The van der Waals surface area contributed by atoms with Crippen LogP contribution in [0.25, 0.3) is 0 Å². The van der Waals surface area contributed by atoms with E-state index >= 15 is 0 Å². The number of hydrogen-bond acceptors (Lipinski definition) is 4. The van der Waals surface area contributed by atoms with Crippen molar-refractivity contribution in [3.05, 3.63) is 29.1 Å². The highest BCUT2D eigenvalue weighted by Gasteiger charge is 2.34. The maximum absolute atomic E-state index is 12.2. The van der Waals surface area contributed by atoms with Crippen LogP contribution in [0.1, 0.15) is 45.8 Å². The first-order valence-electron chi connectivity index (χ1n) is 7.30. The van der Waals surface area contributed by atoms with Crippen molar-refractivity contribution in [3.63, 3.8) is 0 Å². The van der Waals surface area contributed by atoms with Gasteiger partial charge >= 0.3 is 5.97 Å². The number of amides is 1. The van der Waals surface area contributed by atoms with Gasteiger partial charge in [0, 0.05) is 25.2 Å². The van der Waals surface area contributed by atoms with Gasteiger partial charge in [-0.2, -0.15) is 0 Å². The lowest BCUT2D eigenvalue weighted by molar-refractivity contribution is 0.0694. The van der Waals surface area contributed by atoms with Gasteiger partial charge in [0.2, 0.25) is 0 Å². The summed E-state index contributed by atoms with van der Waals surface area (Å²) in [5, 5.41) is 12.0. The Morgan fingerprint density at radius 1 is 1.33 bits per heavy atom. The first-order valence-corrected chi connectivity index (χ1v) is 7.30. The molecule has 3 rings (SSSR count). The molecular weight excluding hydrogens is 270 g/mol. The summed E-state index contributed by atoms with van der Waals surface area (Å²) in [5.41, 5.74) is 0.774. The van der Waals surface area contributed by atoms with E-state index in [1.807, 2.05) is 0 Å². The number of hydrogen-bond donors (Lipinski definition) is 2. The fourth-order valence-electron chi connectivity index (χ4n) is 2.85. The number of rotatable bonds is 4. The van der Waals surface area contributed by atoms with Gasteiger partial charge in [-0.25, -0.2) is 9.78 Å². The summed E-state index contributed by atoms with van der Waals surface area (Å²) in [7, 11) is 0. The number of aromatic nitrogens is 1. The molecule has 0 bridgehead atoms. The maximum Gasteiger partial charge on any atom is 0.337 e. The Hall–Kier alpha value is -1.95. The zero-order valence-electron chi connectivity index (χ0n) is 12.0. The third-order valence-electron chi connectivity index (χ3n) is 4.17. The lowest BCUT2D eigenvalue weighted by atomic mass is 10.1. The van der Waals surface area contributed by atoms with Crippen molar-refractivity contribution in [2.24, 2.45) is 0 Å². The minimum atomic E-state index is -1.03. The number of pyridine rings is 1. The van der Waals surface area contributed by atoms with Gasteiger partial charge in [0.05, 0.1) is 11.3 Å². The predicted octanol–water partition coefficient (Wildman–Crippen LogP) is 1.05. The largest absolute Gasteiger partial charge is 0.478 e. The summed E-state index contributed by atoms with van der Waals surface area (Å²) in [5.74, 6) is -1.25. The van der Waals surface area contributed by atoms with E-state index in [-0.39, 0.29) is 23.2 Å². The molecule has 1 atom stereocenters. The topological polar surface area (TPSA) is 82.5 Å². The zero-order valence-corrected chi connectivity index (χ0v) is 12.0. The molecule has 2 aliphatic rings. The summed E-state index contributed by atoms with van der Waals surface area (Å²) in [4.78, 5) is 29.7. The number of carboxylic acids is 1. The molecule has 1 aliphatic heterocycles. The fourth-order valence-corrected chi connectivity index (χ4v) is 2.85. The number of likely N-dealkylation sites (tertiary alicyclic amines) is 1. The van der Waals surface area contributed by atoms with E-state index in [1.54, 1.807) is 6.92 Å². The molecule has 0 spiro atoms. The van der Waals surface area contributed by atoms with Gasteiger partial charge in [-0.05, 0) is 38.3 Å². The van der Waals surface area contributed by atoms with Crippen LogP contribution in [0, 0.1) is 6.92 Å². The molecule has 0 radical (unpaired) electrons. The quantitative estimate of drug-likeness (QED) is 0.866. The first-order chi connectivity index (χ1) is 10.0. The molecule has 21 heavy (non-hydrogen) atoms. The van der Waals surface area contributed by atoms with Crippen LogP contribution < -0.4 is 5.32 Å². The van der Waals surface area contributed by atoms with Crippen molar-refractivity contribution in [2.75, 3.05) is 13.1 Å². The average Bonchev–Trinajstić information content (AvgIpc) is 3.19. The molecule has 1 saturated carbocycles. The Balaban J connectivity index is 1.62. The summed E-state index contributed by atoms with van der Waals surface area (Å²) in [6, 6.07) is 3.80. The number of carboxylic acid groups (broad SMARTS) is 1. The van der Waals surface area contributed by atoms with Crippen LogP contribution in [-0.2, 0) is 0 Å². The number of aryl methyl sites for hydroxylation is 1. The molecule has 6 heteroatoms. The van der Waals surface area contributed by atoms with Crippen molar-refractivity contribution in [1.29, 1.82) is 0 Å². The minimum Gasteiger partial charge on any atom is -0.478 e. The van der Waals surface area contributed by atoms with Crippen molar-refractivity contribution in [1.82, 2.24) is 15.2 Å². The number of carbonyl (C=O) groups is 2. The lowest BCUT2D eigenvalue weighted by Gasteiger charge is -2.15. The molecule has 112 valence electrons. The Labute approximate surface area is 123 Å².